The Morgan fingerprint density at radius 1 is 1.11 bits per heavy atom. The largest absolute Gasteiger partial charge is 0.481 e. The maximum absolute atomic E-state index is 14.7. The first-order chi connectivity index (χ1) is 8.62. The predicted octanol–water partition coefficient (Wildman–Crippen LogP) is 1.74. The van der Waals surface area contributed by atoms with Crippen LogP contribution in [0.5, 0.6) is 0 Å². The quantitative estimate of drug-likeness (QED) is 0.746. The highest BCUT2D eigenvalue weighted by Crippen LogP contribution is 2.52. The van der Waals surface area contributed by atoms with Gasteiger partial charge in [0, 0.05) is 6.54 Å². The Kier molecular flexibility index (Phi) is 3.02. The van der Waals surface area contributed by atoms with E-state index in [1.807, 2.05) is 0 Å². The number of hydrogen-bond acceptors (Lipinski definition) is 2. The molecular weight excluding hydrogens is 270 g/mol. The molecule has 0 aromatic carbocycles. The summed E-state index contributed by atoms with van der Waals surface area (Å²) in [5, 5.41) is 9.21. The first kappa shape index (κ1) is 14.1. The van der Waals surface area contributed by atoms with Crippen molar-refractivity contribution in [3.63, 3.8) is 0 Å². The van der Waals surface area contributed by atoms with Gasteiger partial charge >= 0.3 is 18.1 Å². The van der Waals surface area contributed by atoms with Crippen LogP contribution < -0.4 is 0 Å². The van der Waals surface area contributed by atoms with Crippen molar-refractivity contribution in [3.8, 4) is 0 Å². The minimum absolute atomic E-state index is 0.0412. The molecule has 0 bridgehead atoms. The van der Waals surface area contributed by atoms with Crippen molar-refractivity contribution in [3.05, 3.63) is 0 Å². The van der Waals surface area contributed by atoms with Crippen molar-refractivity contribution in [2.75, 3.05) is 13.1 Å². The number of alkyl halides is 4. The summed E-state index contributed by atoms with van der Waals surface area (Å²) in [6.07, 6.45) is -4.42. The smallest absolute Gasteiger partial charge is 0.471 e. The van der Waals surface area contributed by atoms with E-state index in [9.17, 15) is 32.3 Å². The minimum Gasteiger partial charge on any atom is -0.481 e. The highest BCUT2D eigenvalue weighted by Gasteiger charge is 2.66. The summed E-state index contributed by atoms with van der Waals surface area (Å²) in [6.45, 7) is -1.51. The fourth-order valence-electron chi connectivity index (χ4n) is 3.12. The van der Waals surface area contributed by atoms with Crippen molar-refractivity contribution in [2.24, 2.45) is 5.41 Å². The fraction of sp³-hybridized carbons (Fsp3) is 0.818. The molecule has 19 heavy (non-hydrogen) atoms. The number of carboxylic acid groups (broad SMARTS) is 1. The third kappa shape index (κ3) is 1.97. The standard InChI is InChI=1S/C11H13F4NO3/c12-10-4-2-1-3-9(10,8(18)19)5-16(6-10)7(17)11(13,14)15/h1-6H2,(H,18,19)/t9-,10-/m0/s1. The first-order valence-corrected chi connectivity index (χ1v) is 5.91. The number of halogens is 4. The molecule has 1 amide bonds. The molecule has 4 nitrogen and oxygen atoms in total. The van der Waals surface area contributed by atoms with Gasteiger partial charge in [-0.05, 0) is 12.8 Å². The molecule has 0 radical (unpaired) electrons. The number of carbonyl (C=O) groups excluding carboxylic acids is 1. The normalized spacial score (nSPS) is 35.1. The van der Waals surface area contributed by atoms with Crippen LogP contribution in [0.4, 0.5) is 17.6 Å². The number of amides is 1. The number of carbonyl (C=O) groups is 2. The second-order valence-corrected chi connectivity index (χ2v) is 5.22. The van der Waals surface area contributed by atoms with Crippen LogP contribution in [0.2, 0.25) is 0 Å². The van der Waals surface area contributed by atoms with E-state index in [4.69, 9.17) is 0 Å². The molecule has 108 valence electrons. The summed E-state index contributed by atoms with van der Waals surface area (Å²) in [6, 6.07) is 0. The number of nitrogens with zero attached hydrogens (tertiary/aromatic N) is 1. The van der Waals surface area contributed by atoms with Gasteiger partial charge in [-0.15, -0.1) is 0 Å². The molecule has 1 aliphatic heterocycles. The lowest BCUT2D eigenvalue weighted by molar-refractivity contribution is -0.185. The summed E-state index contributed by atoms with van der Waals surface area (Å²) < 4.78 is 51.8. The molecule has 1 heterocycles. The Hall–Kier alpha value is -1.34. The number of rotatable bonds is 1. The van der Waals surface area contributed by atoms with Gasteiger partial charge in [0.25, 0.3) is 0 Å². The van der Waals surface area contributed by atoms with Crippen LogP contribution in [0.15, 0.2) is 0 Å². The molecule has 2 aliphatic rings. The van der Waals surface area contributed by atoms with Crippen LogP contribution in [0.1, 0.15) is 25.7 Å². The molecular formula is C11H13F4NO3. The Balaban J connectivity index is 2.33. The lowest BCUT2D eigenvalue weighted by Gasteiger charge is -2.39. The van der Waals surface area contributed by atoms with Crippen molar-refractivity contribution < 1.29 is 32.3 Å². The van der Waals surface area contributed by atoms with E-state index in [2.05, 4.69) is 0 Å². The summed E-state index contributed by atoms with van der Waals surface area (Å²) >= 11 is 0. The Morgan fingerprint density at radius 3 is 2.16 bits per heavy atom. The van der Waals surface area contributed by atoms with Gasteiger partial charge in [-0.25, -0.2) is 4.39 Å². The summed E-state index contributed by atoms with van der Waals surface area (Å²) in [7, 11) is 0. The van der Waals surface area contributed by atoms with Crippen LogP contribution in [0.25, 0.3) is 0 Å². The van der Waals surface area contributed by atoms with E-state index in [0.717, 1.165) is 0 Å². The summed E-state index contributed by atoms with van der Waals surface area (Å²) in [4.78, 5) is 22.8. The lowest BCUT2D eigenvalue weighted by Crippen LogP contribution is -2.51. The third-order valence-corrected chi connectivity index (χ3v) is 4.13. The van der Waals surface area contributed by atoms with E-state index in [-0.39, 0.29) is 12.8 Å². The van der Waals surface area contributed by atoms with E-state index in [1.54, 1.807) is 0 Å². The van der Waals surface area contributed by atoms with Gasteiger partial charge in [0.15, 0.2) is 0 Å². The monoisotopic (exact) mass is 283 g/mol. The number of likely N-dealkylation sites (tertiary alicyclic amines) is 1. The molecule has 8 heteroatoms. The highest BCUT2D eigenvalue weighted by atomic mass is 19.4. The van der Waals surface area contributed by atoms with Crippen molar-refractivity contribution >= 4 is 11.9 Å². The first-order valence-electron chi connectivity index (χ1n) is 5.91. The zero-order valence-electron chi connectivity index (χ0n) is 9.97. The van der Waals surface area contributed by atoms with Gasteiger partial charge in [0.1, 0.15) is 11.1 Å². The molecule has 2 rings (SSSR count). The molecule has 1 aliphatic carbocycles. The zero-order chi connectivity index (χ0) is 14.5. The Labute approximate surface area is 106 Å². The van der Waals surface area contributed by atoms with Crippen LogP contribution in [0.3, 0.4) is 0 Å². The molecule has 1 saturated carbocycles. The van der Waals surface area contributed by atoms with Crippen LogP contribution >= 0.6 is 0 Å². The Morgan fingerprint density at radius 2 is 1.68 bits per heavy atom. The second-order valence-electron chi connectivity index (χ2n) is 5.22. The minimum atomic E-state index is -5.11. The van der Waals surface area contributed by atoms with Crippen LogP contribution in [-0.2, 0) is 9.59 Å². The number of carboxylic acids is 1. The molecule has 0 aromatic heterocycles. The third-order valence-electron chi connectivity index (χ3n) is 4.13. The topological polar surface area (TPSA) is 57.6 Å². The van der Waals surface area contributed by atoms with Crippen molar-refractivity contribution in [1.82, 2.24) is 4.90 Å². The maximum atomic E-state index is 14.7. The summed E-state index contributed by atoms with van der Waals surface area (Å²) in [5.41, 5.74) is -4.16. The predicted molar refractivity (Wildman–Crippen MR) is 55.0 cm³/mol. The molecule has 1 N–H and O–H groups in total. The SMILES string of the molecule is O=C(N1C[C@@]2(F)CCCC[C@@]2(C(=O)O)C1)C(F)(F)F. The second kappa shape index (κ2) is 4.08. The van der Waals surface area contributed by atoms with Crippen molar-refractivity contribution in [2.45, 2.75) is 37.5 Å². The summed E-state index contributed by atoms with van der Waals surface area (Å²) in [5.74, 6) is -3.63. The molecule has 2 atom stereocenters. The van der Waals surface area contributed by atoms with Crippen molar-refractivity contribution in [1.29, 1.82) is 0 Å². The van der Waals surface area contributed by atoms with E-state index in [0.29, 0.717) is 17.7 Å². The number of fused-ring (bicyclic) bond motifs is 1. The molecule has 0 spiro atoms. The molecule has 0 aromatic rings. The van der Waals surface area contributed by atoms with E-state index < -0.39 is 42.2 Å². The highest BCUT2D eigenvalue weighted by molar-refractivity contribution is 5.85. The number of aliphatic carboxylic acids is 1. The van der Waals surface area contributed by atoms with Gasteiger partial charge < -0.3 is 10.0 Å². The van der Waals surface area contributed by atoms with E-state index in [1.165, 1.54) is 0 Å². The zero-order valence-corrected chi connectivity index (χ0v) is 9.97. The van der Waals surface area contributed by atoms with Gasteiger partial charge in [0.2, 0.25) is 0 Å². The maximum Gasteiger partial charge on any atom is 0.471 e. The molecule has 2 fully saturated rings. The molecule has 0 unspecified atom stereocenters. The number of hydrogen-bond donors (Lipinski definition) is 1. The van der Waals surface area contributed by atoms with Crippen LogP contribution in [-0.4, -0.2) is 46.8 Å². The van der Waals surface area contributed by atoms with Gasteiger partial charge in [0.05, 0.1) is 6.54 Å². The fourth-order valence-corrected chi connectivity index (χ4v) is 3.12. The molecule has 1 saturated heterocycles. The van der Waals surface area contributed by atoms with E-state index >= 15 is 0 Å². The average molecular weight is 283 g/mol. The average Bonchev–Trinajstić information content (AvgIpc) is 2.60. The Bertz CT molecular complexity index is 425. The van der Waals surface area contributed by atoms with Gasteiger partial charge in [-0.2, -0.15) is 13.2 Å². The lowest BCUT2D eigenvalue weighted by atomic mass is 9.66. The van der Waals surface area contributed by atoms with Gasteiger partial charge in [-0.3, -0.25) is 9.59 Å². The van der Waals surface area contributed by atoms with Gasteiger partial charge in [-0.1, -0.05) is 12.8 Å². The van der Waals surface area contributed by atoms with Crippen LogP contribution in [0, 0.1) is 5.41 Å².